The van der Waals surface area contributed by atoms with Gasteiger partial charge in [0.05, 0.1) is 7.11 Å². The largest absolute Gasteiger partial charge is 0.497 e. The van der Waals surface area contributed by atoms with Gasteiger partial charge in [-0.3, -0.25) is 0 Å². The minimum absolute atomic E-state index is 0.121. The lowest BCUT2D eigenvalue weighted by Crippen LogP contribution is -2.10. The standard InChI is InChI=1S/C21H26N4O2/c1-24(2)15-16-6-4-7-18(14-16)20-22-21(25(23-20)12-5-13-26)17-8-10-19(27-3)11-9-17/h4,6-11,14,26H,5,12-13,15H2,1-3H3. The molecule has 3 aromatic rings. The van der Waals surface area contributed by atoms with Gasteiger partial charge in [0.2, 0.25) is 0 Å². The van der Waals surface area contributed by atoms with Gasteiger partial charge in [0.25, 0.3) is 0 Å². The Morgan fingerprint density at radius 2 is 1.85 bits per heavy atom. The molecule has 0 saturated heterocycles. The summed E-state index contributed by atoms with van der Waals surface area (Å²) < 4.78 is 7.11. The van der Waals surface area contributed by atoms with Crippen molar-refractivity contribution >= 4 is 0 Å². The van der Waals surface area contributed by atoms with Gasteiger partial charge in [-0.1, -0.05) is 18.2 Å². The molecule has 142 valence electrons. The Hall–Kier alpha value is -2.70. The Labute approximate surface area is 160 Å². The highest BCUT2D eigenvalue weighted by molar-refractivity contribution is 5.62. The van der Waals surface area contributed by atoms with Gasteiger partial charge in [0, 0.05) is 30.8 Å². The van der Waals surface area contributed by atoms with E-state index >= 15 is 0 Å². The number of methoxy groups -OCH3 is 1. The number of aliphatic hydroxyl groups is 1. The predicted molar refractivity (Wildman–Crippen MR) is 107 cm³/mol. The molecular formula is C21H26N4O2. The van der Waals surface area contributed by atoms with E-state index in [0.717, 1.165) is 29.2 Å². The zero-order valence-electron chi connectivity index (χ0n) is 16.1. The summed E-state index contributed by atoms with van der Waals surface area (Å²) in [6, 6.07) is 16.1. The van der Waals surface area contributed by atoms with Crippen LogP contribution in [0.2, 0.25) is 0 Å². The maximum Gasteiger partial charge on any atom is 0.181 e. The summed E-state index contributed by atoms with van der Waals surface area (Å²) in [5, 5.41) is 13.9. The fourth-order valence-electron chi connectivity index (χ4n) is 2.97. The Bertz CT molecular complexity index is 872. The van der Waals surface area contributed by atoms with Crippen LogP contribution in [0.3, 0.4) is 0 Å². The fraction of sp³-hybridized carbons (Fsp3) is 0.333. The first-order valence-electron chi connectivity index (χ1n) is 9.05. The maximum absolute atomic E-state index is 9.22. The molecule has 1 heterocycles. The van der Waals surface area contributed by atoms with Crippen LogP contribution in [0, 0.1) is 0 Å². The van der Waals surface area contributed by atoms with Gasteiger partial charge in [-0.05, 0) is 56.4 Å². The molecule has 0 radical (unpaired) electrons. The number of aromatic nitrogens is 3. The van der Waals surface area contributed by atoms with Crippen molar-refractivity contribution in [2.75, 3.05) is 27.8 Å². The molecule has 6 heteroatoms. The lowest BCUT2D eigenvalue weighted by atomic mass is 10.1. The zero-order chi connectivity index (χ0) is 19.2. The maximum atomic E-state index is 9.22. The number of aliphatic hydroxyl groups excluding tert-OH is 1. The van der Waals surface area contributed by atoms with Crippen molar-refractivity contribution in [1.29, 1.82) is 0 Å². The molecule has 6 nitrogen and oxygen atoms in total. The molecule has 3 rings (SSSR count). The third-order valence-corrected chi connectivity index (χ3v) is 4.23. The predicted octanol–water partition coefficient (Wildman–Crippen LogP) is 3.06. The van der Waals surface area contributed by atoms with Gasteiger partial charge in [-0.15, -0.1) is 0 Å². The summed E-state index contributed by atoms with van der Waals surface area (Å²) in [6.07, 6.45) is 0.632. The number of hydrogen-bond donors (Lipinski definition) is 1. The van der Waals surface area contributed by atoms with E-state index in [1.165, 1.54) is 5.56 Å². The van der Waals surface area contributed by atoms with Gasteiger partial charge < -0.3 is 14.7 Å². The van der Waals surface area contributed by atoms with Crippen LogP contribution in [0.1, 0.15) is 12.0 Å². The number of ether oxygens (including phenoxy) is 1. The summed E-state index contributed by atoms with van der Waals surface area (Å²) >= 11 is 0. The lowest BCUT2D eigenvalue weighted by molar-refractivity contribution is 0.277. The SMILES string of the molecule is COc1ccc(-c2nc(-c3cccc(CN(C)C)c3)nn2CCCO)cc1. The monoisotopic (exact) mass is 366 g/mol. The van der Waals surface area contributed by atoms with E-state index in [2.05, 4.69) is 31.1 Å². The van der Waals surface area contributed by atoms with Gasteiger partial charge in [0.1, 0.15) is 5.75 Å². The minimum Gasteiger partial charge on any atom is -0.497 e. The smallest absolute Gasteiger partial charge is 0.181 e. The number of aryl methyl sites for hydroxylation is 1. The van der Waals surface area contributed by atoms with E-state index in [9.17, 15) is 5.11 Å². The van der Waals surface area contributed by atoms with E-state index in [4.69, 9.17) is 14.8 Å². The lowest BCUT2D eigenvalue weighted by Gasteiger charge is -2.09. The van der Waals surface area contributed by atoms with Crippen LogP contribution in [0.15, 0.2) is 48.5 Å². The third-order valence-electron chi connectivity index (χ3n) is 4.23. The van der Waals surface area contributed by atoms with Crippen molar-refractivity contribution in [2.45, 2.75) is 19.5 Å². The topological polar surface area (TPSA) is 63.4 Å². The van der Waals surface area contributed by atoms with Crippen LogP contribution in [-0.4, -0.2) is 52.6 Å². The molecule has 0 atom stereocenters. The molecule has 1 N–H and O–H groups in total. The van der Waals surface area contributed by atoms with Crippen LogP contribution in [0.4, 0.5) is 0 Å². The second kappa shape index (κ2) is 8.79. The second-order valence-electron chi connectivity index (χ2n) is 6.73. The van der Waals surface area contributed by atoms with Crippen molar-refractivity contribution in [3.8, 4) is 28.5 Å². The normalized spacial score (nSPS) is 11.1. The quantitative estimate of drug-likeness (QED) is 0.664. The first-order valence-corrected chi connectivity index (χ1v) is 9.05. The van der Waals surface area contributed by atoms with Gasteiger partial charge in [0.15, 0.2) is 11.6 Å². The molecule has 1 aromatic heterocycles. The fourth-order valence-corrected chi connectivity index (χ4v) is 2.97. The van der Waals surface area contributed by atoms with Crippen LogP contribution >= 0.6 is 0 Å². The molecule has 0 fully saturated rings. The molecule has 0 spiro atoms. The van der Waals surface area contributed by atoms with Crippen molar-refractivity contribution in [3.05, 3.63) is 54.1 Å². The van der Waals surface area contributed by atoms with Crippen molar-refractivity contribution in [2.24, 2.45) is 0 Å². The van der Waals surface area contributed by atoms with Crippen LogP contribution in [0.25, 0.3) is 22.8 Å². The number of hydrogen-bond acceptors (Lipinski definition) is 5. The Kier molecular flexibility index (Phi) is 6.21. The summed E-state index contributed by atoms with van der Waals surface area (Å²) in [6.45, 7) is 1.60. The molecule has 0 bridgehead atoms. The van der Waals surface area contributed by atoms with Crippen molar-refractivity contribution in [1.82, 2.24) is 19.7 Å². The number of rotatable bonds is 8. The highest BCUT2D eigenvalue weighted by Crippen LogP contribution is 2.25. The number of benzene rings is 2. The van der Waals surface area contributed by atoms with E-state index in [-0.39, 0.29) is 6.61 Å². The van der Waals surface area contributed by atoms with E-state index < -0.39 is 0 Å². The summed E-state index contributed by atoms with van der Waals surface area (Å²) in [4.78, 5) is 6.93. The van der Waals surface area contributed by atoms with Crippen LogP contribution < -0.4 is 4.74 Å². The van der Waals surface area contributed by atoms with Crippen molar-refractivity contribution < 1.29 is 9.84 Å². The molecule has 0 aliphatic heterocycles. The zero-order valence-corrected chi connectivity index (χ0v) is 16.1. The average molecular weight is 366 g/mol. The Balaban J connectivity index is 1.98. The van der Waals surface area contributed by atoms with Crippen molar-refractivity contribution in [3.63, 3.8) is 0 Å². The molecule has 0 aliphatic carbocycles. The molecule has 0 unspecified atom stereocenters. The van der Waals surface area contributed by atoms with Gasteiger partial charge >= 0.3 is 0 Å². The molecule has 0 aliphatic rings. The van der Waals surface area contributed by atoms with Crippen LogP contribution in [0.5, 0.6) is 5.75 Å². The minimum atomic E-state index is 0.121. The highest BCUT2D eigenvalue weighted by atomic mass is 16.5. The van der Waals surface area contributed by atoms with E-state index in [1.54, 1.807) is 7.11 Å². The summed E-state index contributed by atoms with van der Waals surface area (Å²) in [5.41, 5.74) is 3.18. The van der Waals surface area contributed by atoms with Gasteiger partial charge in [-0.25, -0.2) is 9.67 Å². The van der Waals surface area contributed by atoms with E-state index in [0.29, 0.717) is 18.8 Å². The Morgan fingerprint density at radius 1 is 1.07 bits per heavy atom. The number of nitrogens with zero attached hydrogens (tertiary/aromatic N) is 4. The second-order valence-corrected chi connectivity index (χ2v) is 6.73. The van der Waals surface area contributed by atoms with Crippen LogP contribution in [-0.2, 0) is 13.1 Å². The van der Waals surface area contributed by atoms with Gasteiger partial charge in [-0.2, -0.15) is 5.10 Å². The molecular weight excluding hydrogens is 340 g/mol. The highest BCUT2D eigenvalue weighted by Gasteiger charge is 2.14. The molecule has 0 saturated carbocycles. The molecule has 0 amide bonds. The molecule has 2 aromatic carbocycles. The van der Waals surface area contributed by atoms with E-state index in [1.807, 2.05) is 41.1 Å². The first kappa shape index (κ1) is 19.1. The first-order chi connectivity index (χ1) is 13.1. The summed E-state index contributed by atoms with van der Waals surface area (Å²) in [7, 11) is 5.75. The average Bonchev–Trinajstić information content (AvgIpc) is 3.10. The Morgan fingerprint density at radius 3 is 2.52 bits per heavy atom. The molecule has 27 heavy (non-hydrogen) atoms. The summed E-state index contributed by atoms with van der Waals surface area (Å²) in [5.74, 6) is 2.29. The third kappa shape index (κ3) is 4.72.